The molecule has 1 aromatic carbocycles. The number of hydrogen-bond donors (Lipinski definition) is 2. The summed E-state index contributed by atoms with van der Waals surface area (Å²) in [7, 11) is 0. The molecule has 1 aliphatic rings. The number of aromatic hydroxyl groups is 1. The lowest BCUT2D eigenvalue weighted by Gasteiger charge is -2.05. The van der Waals surface area contributed by atoms with Gasteiger partial charge in [-0.25, -0.2) is 0 Å². The van der Waals surface area contributed by atoms with Crippen LogP contribution in [0.2, 0.25) is 0 Å². The molecule has 3 rings (SSSR count). The second-order valence-electron chi connectivity index (χ2n) is 4.49. The van der Waals surface area contributed by atoms with E-state index in [1.807, 2.05) is 24.3 Å². The standard InChI is InChI=1S/C14H14N2O/c15-10-7-9-5-6-12(16-13(9)8-10)11-3-1-2-4-14(11)17/h1-6,10,17H,7-8,15H2. The fraction of sp³-hybridized carbons (Fsp3) is 0.214. The topological polar surface area (TPSA) is 59.1 Å². The molecule has 3 heteroatoms. The molecule has 0 spiro atoms. The number of phenolic OH excluding ortho intramolecular Hbond substituents is 1. The number of benzene rings is 1. The van der Waals surface area contributed by atoms with Crippen molar-refractivity contribution in [2.24, 2.45) is 5.73 Å². The number of rotatable bonds is 1. The van der Waals surface area contributed by atoms with Gasteiger partial charge in [0.25, 0.3) is 0 Å². The minimum atomic E-state index is 0.192. The zero-order valence-electron chi connectivity index (χ0n) is 9.43. The fourth-order valence-corrected chi connectivity index (χ4v) is 2.34. The number of nitrogens with zero attached hydrogens (tertiary/aromatic N) is 1. The van der Waals surface area contributed by atoms with Crippen LogP contribution in [0.25, 0.3) is 11.3 Å². The minimum Gasteiger partial charge on any atom is -0.507 e. The van der Waals surface area contributed by atoms with Crippen LogP contribution in [0.3, 0.4) is 0 Å². The van der Waals surface area contributed by atoms with Gasteiger partial charge >= 0.3 is 0 Å². The molecule has 1 aliphatic carbocycles. The van der Waals surface area contributed by atoms with Crippen molar-refractivity contribution in [3.63, 3.8) is 0 Å². The van der Waals surface area contributed by atoms with Crippen molar-refractivity contribution in [3.8, 4) is 17.0 Å². The first-order valence-corrected chi connectivity index (χ1v) is 5.77. The highest BCUT2D eigenvalue weighted by Crippen LogP contribution is 2.29. The largest absolute Gasteiger partial charge is 0.507 e. The lowest BCUT2D eigenvalue weighted by Crippen LogP contribution is -2.19. The van der Waals surface area contributed by atoms with E-state index in [0.717, 1.165) is 29.8 Å². The van der Waals surface area contributed by atoms with Crippen LogP contribution in [0.15, 0.2) is 36.4 Å². The first-order valence-electron chi connectivity index (χ1n) is 5.77. The number of phenols is 1. The molecular weight excluding hydrogens is 212 g/mol. The van der Waals surface area contributed by atoms with Gasteiger partial charge in [0.1, 0.15) is 5.75 Å². The Morgan fingerprint density at radius 1 is 1.12 bits per heavy atom. The van der Waals surface area contributed by atoms with Gasteiger partial charge in [0.05, 0.1) is 5.69 Å². The van der Waals surface area contributed by atoms with E-state index in [2.05, 4.69) is 11.1 Å². The van der Waals surface area contributed by atoms with Crippen molar-refractivity contribution >= 4 is 0 Å². The van der Waals surface area contributed by atoms with Crippen molar-refractivity contribution in [2.75, 3.05) is 0 Å². The molecule has 0 fully saturated rings. The maximum absolute atomic E-state index is 9.80. The molecule has 0 saturated carbocycles. The smallest absolute Gasteiger partial charge is 0.124 e. The van der Waals surface area contributed by atoms with Crippen molar-refractivity contribution in [3.05, 3.63) is 47.7 Å². The van der Waals surface area contributed by atoms with Crippen LogP contribution in [0.1, 0.15) is 11.3 Å². The van der Waals surface area contributed by atoms with Crippen LogP contribution in [-0.4, -0.2) is 16.1 Å². The van der Waals surface area contributed by atoms with Crippen molar-refractivity contribution in [1.82, 2.24) is 4.98 Å². The van der Waals surface area contributed by atoms with E-state index in [9.17, 15) is 5.11 Å². The van der Waals surface area contributed by atoms with E-state index in [1.165, 1.54) is 5.56 Å². The lowest BCUT2D eigenvalue weighted by atomic mass is 10.1. The summed E-state index contributed by atoms with van der Waals surface area (Å²) in [6.45, 7) is 0. The number of para-hydroxylation sites is 1. The van der Waals surface area contributed by atoms with Crippen LogP contribution in [0.4, 0.5) is 0 Å². The maximum atomic E-state index is 9.80. The molecular formula is C14H14N2O. The van der Waals surface area contributed by atoms with Crippen molar-refractivity contribution in [2.45, 2.75) is 18.9 Å². The van der Waals surface area contributed by atoms with Crippen LogP contribution >= 0.6 is 0 Å². The second kappa shape index (κ2) is 3.86. The van der Waals surface area contributed by atoms with E-state index in [-0.39, 0.29) is 11.8 Å². The monoisotopic (exact) mass is 226 g/mol. The van der Waals surface area contributed by atoms with E-state index in [1.54, 1.807) is 6.07 Å². The van der Waals surface area contributed by atoms with Gasteiger partial charge in [0.2, 0.25) is 0 Å². The average molecular weight is 226 g/mol. The first kappa shape index (κ1) is 10.3. The van der Waals surface area contributed by atoms with E-state index < -0.39 is 0 Å². The summed E-state index contributed by atoms with van der Waals surface area (Å²) in [6, 6.07) is 11.5. The number of nitrogens with two attached hydrogens (primary N) is 1. The predicted molar refractivity (Wildman–Crippen MR) is 66.7 cm³/mol. The summed E-state index contributed by atoms with van der Waals surface area (Å²) in [6.07, 6.45) is 1.74. The van der Waals surface area contributed by atoms with E-state index in [0.29, 0.717) is 0 Å². The van der Waals surface area contributed by atoms with Gasteiger partial charge < -0.3 is 10.8 Å². The Bertz CT molecular complexity index is 566. The van der Waals surface area contributed by atoms with Gasteiger partial charge in [-0.1, -0.05) is 18.2 Å². The zero-order valence-corrected chi connectivity index (χ0v) is 9.43. The Labute approximate surface area is 99.9 Å². The van der Waals surface area contributed by atoms with Crippen LogP contribution < -0.4 is 5.73 Å². The quantitative estimate of drug-likeness (QED) is 0.780. The summed E-state index contributed by atoms with van der Waals surface area (Å²) in [5.74, 6) is 0.266. The molecule has 1 aromatic heterocycles. The fourth-order valence-electron chi connectivity index (χ4n) is 2.34. The number of pyridine rings is 1. The zero-order chi connectivity index (χ0) is 11.8. The first-order chi connectivity index (χ1) is 8.24. The molecule has 1 heterocycles. The summed E-state index contributed by atoms with van der Waals surface area (Å²) < 4.78 is 0. The van der Waals surface area contributed by atoms with Crippen molar-refractivity contribution < 1.29 is 5.11 Å². The molecule has 1 atom stereocenters. The van der Waals surface area contributed by atoms with Gasteiger partial charge in [-0.15, -0.1) is 0 Å². The van der Waals surface area contributed by atoms with Crippen LogP contribution in [-0.2, 0) is 12.8 Å². The number of hydrogen-bond acceptors (Lipinski definition) is 3. The van der Waals surface area contributed by atoms with Gasteiger partial charge in [0.15, 0.2) is 0 Å². The summed E-state index contributed by atoms with van der Waals surface area (Å²) in [5, 5.41) is 9.80. The highest BCUT2D eigenvalue weighted by molar-refractivity contribution is 5.67. The Morgan fingerprint density at radius 3 is 2.76 bits per heavy atom. The summed E-state index contributed by atoms with van der Waals surface area (Å²) in [4.78, 5) is 4.59. The number of aromatic nitrogens is 1. The third kappa shape index (κ3) is 1.78. The van der Waals surface area contributed by atoms with Gasteiger partial charge in [-0.05, 0) is 30.2 Å². The third-order valence-corrected chi connectivity index (χ3v) is 3.19. The molecule has 17 heavy (non-hydrogen) atoms. The summed E-state index contributed by atoms with van der Waals surface area (Å²) in [5.41, 5.74) is 9.80. The second-order valence-corrected chi connectivity index (χ2v) is 4.49. The van der Waals surface area contributed by atoms with Crippen LogP contribution in [0.5, 0.6) is 5.75 Å². The Balaban J connectivity index is 2.07. The SMILES string of the molecule is NC1Cc2ccc(-c3ccccc3O)nc2C1. The number of fused-ring (bicyclic) bond motifs is 1. The molecule has 0 bridgehead atoms. The van der Waals surface area contributed by atoms with E-state index in [4.69, 9.17) is 5.73 Å². The molecule has 0 amide bonds. The van der Waals surface area contributed by atoms with Gasteiger partial charge in [-0.3, -0.25) is 4.98 Å². The molecule has 3 nitrogen and oxygen atoms in total. The molecule has 0 radical (unpaired) electrons. The predicted octanol–water partition coefficient (Wildman–Crippen LogP) is 1.88. The molecule has 3 N–H and O–H groups in total. The third-order valence-electron chi connectivity index (χ3n) is 3.19. The average Bonchev–Trinajstić information content (AvgIpc) is 2.68. The van der Waals surface area contributed by atoms with E-state index >= 15 is 0 Å². The minimum absolute atomic E-state index is 0.192. The van der Waals surface area contributed by atoms with Crippen LogP contribution in [0, 0.1) is 0 Å². The van der Waals surface area contributed by atoms with Crippen molar-refractivity contribution in [1.29, 1.82) is 0 Å². The maximum Gasteiger partial charge on any atom is 0.124 e. The molecule has 1 unspecified atom stereocenters. The Morgan fingerprint density at radius 2 is 1.94 bits per heavy atom. The molecule has 0 saturated heterocycles. The lowest BCUT2D eigenvalue weighted by molar-refractivity contribution is 0.477. The summed E-state index contributed by atoms with van der Waals surface area (Å²) >= 11 is 0. The highest BCUT2D eigenvalue weighted by atomic mass is 16.3. The normalized spacial score (nSPS) is 18.1. The molecule has 2 aromatic rings. The Kier molecular flexibility index (Phi) is 2.34. The van der Waals surface area contributed by atoms with Gasteiger partial charge in [-0.2, -0.15) is 0 Å². The highest BCUT2D eigenvalue weighted by Gasteiger charge is 2.20. The Hall–Kier alpha value is -1.87. The molecule has 86 valence electrons. The van der Waals surface area contributed by atoms with Gasteiger partial charge in [0, 0.05) is 23.7 Å². The molecule has 0 aliphatic heterocycles.